The standard InChI is InChI=1S/C18H30N4O3/c1-5-19-18(22-13-17(23)20-10-11-24-4)21-12-15(3)25-16-9-7-6-8-14(16)2/h6-9,15H,5,10-13H2,1-4H3,(H,20,23)(H2,19,21,22). The van der Waals surface area contributed by atoms with E-state index < -0.39 is 0 Å². The van der Waals surface area contributed by atoms with Crippen LogP contribution in [0.1, 0.15) is 19.4 Å². The van der Waals surface area contributed by atoms with Gasteiger partial charge in [0.05, 0.1) is 13.2 Å². The molecule has 1 amide bonds. The Morgan fingerprint density at radius 3 is 2.68 bits per heavy atom. The number of guanidine groups is 1. The van der Waals surface area contributed by atoms with E-state index >= 15 is 0 Å². The first-order chi connectivity index (χ1) is 12.1. The molecule has 0 fully saturated rings. The highest BCUT2D eigenvalue weighted by Crippen LogP contribution is 2.17. The fourth-order valence-electron chi connectivity index (χ4n) is 2.03. The number of para-hydroxylation sites is 1. The van der Waals surface area contributed by atoms with Crippen LogP contribution in [0.2, 0.25) is 0 Å². The number of nitrogens with zero attached hydrogens (tertiary/aromatic N) is 1. The maximum absolute atomic E-state index is 11.7. The average Bonchev–Trinajstić information content (AvgIpc) is 2.59. The van der Waals surface area contributed by atoms with Gasteiger partial charge in [-0.2, -0.15) is 0 Å². The van der Waals surface area contributed by atoms with Crippen LogP contribution in [-0.2, 0) is 9.53 Å². The number of aliphatic imine (C=N–C) groups is 1. The van der Waals surface area contributed by atoms with Crippen molar-refractivity contribution in [1.82, 2.24) is 16.0 Å². The molecule has 1 aromatic rings. The van der Waals surface area contributed by atoms with Crippen LogP contribution < -0.4 is 20.7 Å². The van der Waals surface area contributed by atoms with Gasteiger partial charge in [-0.05, 0) is 32.4 Å². The van der Waals surface area contributed by atoms with Crippen molar-refractivity contribution in [3.63, 3.8) is 0 Å². The van der Waals surface area contributed by atoms with E-state index in [0.717, 1.165) is 11.3 Å². The average molecular weight is 350 g/mol. The van der Waals surface area contributed by atoms with Gasteiger partial charge in [-0.1, -0.05) is 18.2 Å². The lowest BCUT2D eigenvalue weighted by Gasteiger charge is -2.18. The van der Waals surface area contributed by atoms with Gasteiger partial charge in [-0.3, -0.25) is 4.79 Å². The van der Waals surface area contributed by atoms with Gasteiger partial charge in [0.2, 0.25) is 5.91 Å². The van der Waals surface area contributed by atoms with E-state index in [9.17, 15) is 4.79 Å². The molecule has 0 aliphatic heterocycles. The predicted molar refractivity (Wildman–Crippen MR) is 100 cm³/mol. The molecular formula is C18H30N4O3. The van der Waals surface area contributed by atoms with Crippen LogP contribution in [0.4, 0.5) is 0 Å². The molecule has 0 heterocycles. The second-order valence-corrected chi connectivity index (χ2v) is 5.61. The van der Waals surface area contributed by atoms with E-state index in [4.69, 9.17) is 9.47 Å². The molecule has 0 saturated heterocycles. The monoisotopic (exact) mass is 350 g/mol. The quantitative estimate of drug-likeness (QED) is 0.334. The minimum atomic E-state index is -0.140. The Balaban J connectivity index is 2.44. The minimum Gasteiger partial charge on any atom is -0.489 e. The third-order valence-corrected chi connectivity index (χ3v) is 3.33. The van der Waals surface area contributed by atoms with Gasteiger partial charge in [0, 0.05) is 20.2 Å². The Morgan fingerprint density at radius 1 is 1.24 bits per heavy atom. The maximum Gasteiger partial charge on any atom is 0.241 e. The Morgan fingerprint density at radius 2 is 2.00 bits per heavy atom. The summed E-state index contributed by atoms with van der Waals surface area (Å²) in [6, 6.07) is 7.91. The molecule has 1 aromatic carbocycles. The van der Waals surface area contributed by atoms with Gasteiger partial charge in [0.1, 0.15) is 18.4 Å². The number of hydrogen-bond donors (Lipinski definition) is 3. The molecule has 0 aliphatic rings. The van der Waals surface area contributed by atoms with Crippen LogP contribution in [0.5, 0.6) is 5.75 Å². The highest BCUT2D eigenvalue weighted by atomic mass is 16.5. The normalized spacial score (nSPS) is 12.4. The van der Waals surface area contributed by atoms with Gasteiger partial charge in [0.15, 0.2) is 5.96 Å². The highest BCUT2D eigenvalue weighted by Gasteiger charge is 2.08. The van der Waals surface area contributed by atoms with Crippen molar-refractivity contribution in [3.8, 4) is 5.75 Å². The molecule has 0 radical (unpaired) electrons. The van der Waals surface area contributed by atoms with Crippen molar-refractivity contribution in [2.45, 2.75) is 26.9 Å². The SMILES string of the molecule is CCNC(=NCC(=O)NCCOC)NCC(C)Oc1ccccc1C. The second-order valence-electron chi connectivity index (χ2n) is 5.61. The summed E-state index contributed by atoms with van der Waals surface area (Å²) < 4.78 is 10.8. The fraction of sp³-hybridized carbons (Fsp3) is 0.556. The summed E-state index contributed by atoms with van der Waals surface area (Å²) in [6.45, 7) is 8.30. The van der Waals surface area contributed by atoms with E-state index in [-0.39, 0.29) is 18.6 Å². The molecule has 0 aromatic heterocycles. The lowest BCUT2D eigenvalue weighted by molar-refractivity contribution is -0.119. The third kappa shape index (κ3) is 8.95. The third-order valence-electron chi connectivity index (χ3n) is 3.33. The smallest absolute Gasteiger partial charge is 0.241 e. The minimum absolute atomic E-state index is 0.0412. The number of amides is 1. The van der Waals surface area contributed by atoms with Crippen molar-refractivity contribution in [1.29, 1.82) is 0 Å². The lowest BCUT2D eigenvalue weighted by atomic mass is 10.2. The number of methoxy groups -OCH3 is 1. The summed E-state index contributed by atoms with van der Waals surface area (Å²) in [7, 11) is 1.59. The van der Waals surface area contributed by atoms with E-state index in [2.05, 4.69) is 20.9 Å². The summed E-state index contributed by atoms with van der Waals surface area (Å²) in [5.41, 5.74) is 1.10. The van der Waals surface area contributed by atoms with Gasteiger partial charge >= 0.3 is 0 Å². The number of carbonyl (C=O) groups is 1. The first kappa shape index (κ1) is 20.8. The van der Waals surface area contributed by atoms with Gasteiger partial charge in [-0.25, -0.2) is 4.99 Å². The lowest BCUT2D eigenvalue weighted by Crippen LogP contribution is -2.42. The molecule has 0 saturated carbocycles. The van der Waals surface area contributed by atoms with Crippen LogP contribution >= 0.6 is 0 Å². The van der Waals surface area contributed by atoms with Gasteiger partial charge < -0.3 is 25.4 Å². The largest absolute Gasteiger partial charge is 0.489 e. The van der Waals surface area contributed by atoms with Crippen LogP contribution in [0.25, 0.3) is 0 Å². The van der Waals surface area contributed by atoms with Gasteiger partial charge in [-0.15, -0.1) is 0 Å². The molecule has 1 rings (SSSR count). The van der Waals surface area contributed by atoms with Crippen molar-refractivity contribution in [2.75, 3.05) is 39.9 Å². The van der Waals surface area contributed by atoms with E-state index in [1.165, 1.54) is 0 Å². The van der Waals surface area contributed by atoms with Crippen LogP contribution in [-0.4, -0.2) is 57.9 Å². The zero-order chi connectivity index (χ0) is 18.5. The molecule has 3 N–H and O–H groups in total. The first-order valence-corrected chi connectivity index (χ1v) is 8.56. The fourth-order valence-corrected chi connectivity index (χ4v) is 2.03. The van der Waals surface area contributed by atoms with E-state index in [1.807, 2.05) is 45.0 Å². The molecule has 0 spiro atoms. The van der Waals surface area contributed by atoms with Crippen molar-refractivity contribution >= 4 is 11.9 Å². The van der Waals surface area contributed by atoms with E-state index in [0.29, 0.717) is 32.2 Å². The maximum atomic E-state index is 11.7. The number of hydrogen-bond acceptors (Lipinski definition) is 4. The summed E-state index contributed by atoms with van der Waals surface area (Å²) >= 11 is 0. The Hall–Kier alpha value is -2.28. The molecule has 1 atom stereocenters. The Labute approximate surface area is 150 Å². The highest BCUT2D eigenvalue weighted by molar-refractivity contribution is 5.84. The van der Waals surface area contributed by atoms with Crippen LogP contribution in [0.15, 0.2) is 29.3 Å². The zero-order valence-electron chi connectivity index (χ0n) is 15.6. The Bertz CT molecular complexity index is 549. The van der Waals surface area contributed by atoms with Crippen molar-refractivity contribution in [3.05, 3.63) is 29.8 Å². The number of benzene rings is 1. The molecular weight excluding hydrogens is 320 g/mol. The second kappa shape index (κ2) is 12.1. The number of rotatable bonds is 10. The number of carbonyl (C=O) groups excluding carboxylic acids is 1. The molecule has 0 bridgehead atoms. The molecule has 7 nitrogen and oxygen atoms in total. The molecule has 7 heteroatoms. The Kier molecular flexibility index (Phi) is 10.1. The van der Waals surface area contributed by atoms with E-state index in [1.54, 1.807) is 7.11 Å². The topological polar surface area (TPSA) is 84.0 Å². The van der Waals surface area contributed by atoms with Crippen LogP contribution in [0, 0.1) is 6.92 Å². The molecule has 25 heavy (non-hydrogen) atoms. The zero-order valence-corrected chi connectivity index (χ0v) is 15.6. The number of ether oxygens (including phenoxy) is 2. The molecule has 1 unspecified atom stereocenters. The number of aryl methyl sites for hydroxylation is 1. The predicted octanol–water partition coefficient (Wildman–Crippen LogP) is 1.08. The number of nitrogens with one attached hydrogen (secondary N) is 3. The molecule has 140 valence electrons. The summed E-state index contributed by atoms with van der Waals surface area (Å²) in [5, 5.41) is 9.04. The van der Waals surface area contributed by atoms with Gasteiger partial charge in [0.25, 0.3) is 0 Å². The van der Waals surface area contributed by atoms with Crippen molar-refractivity contribution in [2.24, 2.45) is 4.99 Å². The molecule has 0 aliphatic carbocycles. The summed E-state index contributed by atoms with van der Waals surface area (Å²) in [4.78, 5) is 16.0. The first-order valence-electron chi connectivity index (χ1n) is 8.56. The summed E-state index contributed by atoms with van der Waals surface area (Å²) in [6.07, 6.45) is -0.0412. The van der Waals surface area contributed by atoms with Crippen LogP contribution in [0.3, 0.4) is 0 Å². The summed E-state index contributed by atoms with van der Waals surface area (Å²) in [5.74, 6) is 1.32. The van der Waals surface area contributed by atoms with Crippen molar-refractivity contribution < 1.29 is 14.3 Å².